The van der Waals surface area contributed by atoms with E-state index in [2.05, 4.69) is 15.0 Å². The second kappa shape index (κ2) is 3.93. The first-order valence-corrected chi connectivity index (χ1v) is 4.61. The average molecular weight is 198 g/mol. The van der Waals surface area contributed by atoms with Crippen LogP contribution in [-0.2, 0) is 6.54 Å². The van der Waals surface area contributed by atoms with Gasteiger partial charge in [-0.1, -0.05) is 12.1 Å². The van der Waals surface area contributed by atoms with E-state index in [0.29, 0.717) is 6.54 Å². The van der Waals surface area contributed by atoms with Crippen LogP contribution in [-0.4, -0.2) is 15.0 Å². The van der Waals surface area contributed by atoms with E-state index in [1.54, 1.807) is 11.0 Å². The van der Waals surface area contributed by atoms with Crippen molar-refractivity contribution in [1.29, 1.82) is 0 Å². The lowest BCUT2D eigenvalue weighted by molar-refractivity contribution is 0.744. The van der Waals surface area contributed by atoms with Crippen LogP contribution in [0.1, 0.15) is 11.3 Å². The lowest BCUT2D eigenvalue weighted by Crippen LogP contribution is -1.99. The fourth-order valence-electron chi connectivity index (χ4n) is 1.33. The average Bonchev–Trinajstić information content (AvgIpc) is 2.66. The molecule has 0 atom stereocenters. The third-order valence-corrected chi connectivity index (χ3v) is 2.01. The molecule has 1 aromatic heterocycles. The van der Waals surface area contributed by atoms with Crippen LogP contribution in [0.5, 0.6) is 0 Å². The summed E-state index contributed by atoms with van der Waals surface area (Å²) >= 11 is 0. The van der Waals surface area contributed by atoms with E-state index in [1.807, 2.05) is 31.2 Å². The summed E-state index contributed by atoms with van der Waals surface area (Å²) in [5.74, 6) is 0. The summed E-state index contributed by atoms with van der Waals surface area (Å²) < 4.78 is 0. The highest BCUT2D eigenvalue weighted by molar-refractivity contribution is 5.34. The molecule has 0 aliphatic rings. The molecule has 0 N–H and O–H groups in total. The largest absolute Gasteiger partial charge is 0.312 e. The Labute approximate surface area is 88.0 Å². The summed E-state index contributed by atoms with van der Waals surface area (Å²) in [7, 11) is 0. The molecule has 0 bridgehead atoms. The number of rotatable bonds is 2. The topological polar surface area (TPSA) is 35.1 Å². The fraction of sp³-hybridized carbons (Fsp3) is 0.182. The van der Waals surface area contributed by atoms with Crippen molar-refractivity contribution in [1.82, 2.24) is 15.0 Å². The second-order valence-electron chi connectivity index (χ2n) is 3.26. The molecule has 0 radical (unpaired) electrons. The molecule has 15 heavy (non-hydrogen) atoms. The molecule has 0 aliphatic carbocycles. The van der Waals surface area contributed by atoms with Gasteiger partial charge in [-0.2, -0.15) is 15.0 Å². The fourth-order valence-corrected chi connectivity index (χ4v) is 1.33. The zero-order valence-electron chi connectivity index (χ0n) is 8.38. The summed E-state index contributed by atoms with van der Waals surface area (Å²) in [4.78, 5) is 4.92. The molecule has 4 nitrogen and oxygen atoms in total. The minimum absolute atomic E-state index is 0.397. The minimum atomic E-state index is 0.397. The van der Waals surface area contributed by atoms with Gasteiger partial charge in [0.05, 0.1) is 17.6 Å². The molecule has 0 aliphatic heterocycles. The Morgan fingerprint density at radius 3 is 3.00 bits per heavy atom. The highest BCUT2D eigenvalue weighted by Gasteiger charge is 2.01. The van der Waals surface area contributed by atoms with Crippen LogP contribution in [0.15, 0.2) is 30.5 Å². The van der Waals surface area contributed by atoms with E-state index in [9.17, 15) is 0 Å². The predicted octanol–water partition coefficient (Wildman–Crippen LogP) is 2.00. The molecule has 0 amide bonds. The van der Waals surface area contributed by atoms with Gasteiger partial charge in [0.25, 0.3) is 0 Å². The van der Waals surface area contributed by atoms with Gasteiger partial charge in [0.1, 0.15) is 0 Å². The molecule has 0 fully saturated rings. The molecule has 1 heterocycles. The third kappa shape index (κ3) is 2.02. The van der Waals surface area contributed by atoms with Crippen molar-refractivity contribution in [3.8, 4) is 5.69 Å². The zero-order chi connectivity index (χ0) is 10.7. The maximum absolute atomic E-state index is 6.81. The van der Waals surface area contributed by atoms with Gasteiger partial charge in [0.15, 0.2) is 0 Å². The van der Waals surface area contributed by atoms with Gasteiger partial charge in [-0.25, -0.2) is 6.57 Å². The van der Waals surface area contributed by atoms with Crippen molar-refractivity contribution >= 4 is 0 Å². The van der Waals surface area contributed by atoms with Crippen molar-refractivity contribution in [2.45, 2.75) is 13.5 Å². The summed E-state index contributed by atoms with van der Waals surface area (Å²) in [5.41, 5.74) is 2.76. The molecule has 0 spiro atoms. The Bertz CT molecular complexity index is 507. The summed E-state index contributed by atoms with van der Waals surface area (Å²) in [6.07, 6.45) is 1.71. The van der Waals surface area contributed by atoms with Crippen molar-refractivity contribution in [2.75, 3.05) is 0 Å². The van der Waals surface area contributed by atoms with Crippen LogP contribution in [0.4, 0.5) is 0 Å². The first kappa shape index (κ1) is 9.41. The highest BCUT2D eigenvalue weighted by atomic mass is 15.5. The van der Waals surface area contributed by atoms with Gasteiger partial charge in [-0.15, -0.1) is 0 Å². The summed E-state index contributed by atoms with van der Waals surface area (Å²) in [6, 6.07) is 7.69. The van der Waals surface area contributed by atoms with Crippen molar-refractivity contribution in [3.63, 3.8) is 0 Å². The van der Waals surface area contributed by atoms with Gasteiger partial charge in [-0.3, -0.25) is 0 Å². The SMILES string of the molecule is [C-]#[N+]Cc1cccc(-n2ncc(C)n2)c1. The molecule has 0 saturated carbocycles. The monoisotopic (exact) mass is 198 g/mol. The van der Waals surface area contributed by atoms with E-state index >= 15 is 0 Å². The number of nitrogens with zero attached hydrogens (tertiary/aromatic N) is 4. The van der Waals surface area contributed by atoms with Crippen LogP contribution < -0.4 is 0 Å². The van der Waals surface area contributed by atoms with Crippen LogP contribution >= 0.6 is 0 Å². The molecule has 2 rings (SSSR count). The summed E-state index contributed by atoms with van der Waals surface area (Å²) in [6.45, 7) is 9.10. The van der Waals surface area contributed by atoms with Gasteiger partial charge < -0.3 is 4.85 Å². The first-order chi connectivity index (χ1) is 7.29. The van der Waals surface area contributed by atoms with Crippen LogP contribution in [0.3, 0.4) is 0 Å². The predicted molar refractivity (Wildman–Crippen MR) is 56.4 cm³/mol. The lowest BCUT2D eigenvalue weighted by atomic mass is 10.2. The second-order valence-corrected chi connectivity index (χ2v) is 3.26. The van der Waals surface area contributed by atoms with Gasteiger partial charge in [0, 0.05) is 5.56 Å². The van der Waals surface area contributed by atoms with Crippen molar-refractivity contribution < 1.29 is 0 Å². The molecule has 74 valence electrons. The summed E-state index contributed by atoms with van der Waals surface area (Å²) in [5, 5.41) is 8.33. The number of aromatic nitrogens is 3. The normalized spacial score (nSPS) is 9.87. The number of aryl methyl sites for hydroxylation is 1. The molecule has 4 heteroatoms. The smallest absolute Gasteiger partial charge is 0.239 e. The maximum atomic E-state index is 6.81. The Hall–Kier alpha value is -2.15. The quantitative estimate of drug-likeness (QED) is 0.692. The van der Waals surface area contributed by atoms with E-state index in [0.717, 1.165) is 16.9 Å². The number of hydrogen-bond acceptors (Lipinski definition) is 2. The van der Waals surface area contributed by atoms with Crippen LogP contribution in [0.2, 0.25) is 0 Å². The number of benzene rings is 1. The van der Waals surface area contributed by atoms with E-state index in [-0.39, 0.29) is 0 Å². The van der Waals surface area contributed by atoms with Gasteiger partial charge >= 0.3 is 0 Å². The van der Waals surface area contributed by atoms with Crippen LogP contribution in [0.25, 0.3) is 10.5 Å². The lowest BCUT2D eigenvalue weighted by Gasteiger charge is -1.99. The van der Waals surface area contributed by atoms with Crippen molar-refractivity contribution in [3.05, 3.63) is 53.1 Å². The Balaban J connectivity index is 2.37. The molecule has 1 aromatic carbocycles. The van der Waals surface area contributed by atoms with Crippen LogP contribution in [0, 0.1) is 13.5 Å². The van der Waals surface area contributed by atoms with E-state index < -0.39 is 0 Å². The maximum Gasteiger partial charge on any atom is 0.239 e. The molecule has 2 aromatic rings. The zero-order valence-corrected chi connectivity index (χ0v) is 8.38. The van der Waals surface area contributed by atoms with E-state index in [4.69, 9.17) is 6.57 Å². The van der Waals surface area contributed by atoms with Gasteiger partial charge in [0.2, 0.25) is 6.54 Å². The van der Waals surface area contributed by atoms with E-state index in [1.165, 1.54) is 0 Å². The van der Waals surface area contributed by atoms with Crippen molar-refractivity contribution in [2.24, 2.45) is 0 Å². The molecule has 0 unspecified atom stereocenters. The highest BCUT2D eigenvalue weighted by Crippen LogP contribution is 2.09. The Kier molecular flexibility index (Phi) is 2.46. The minimum Gasteiger partial charge on any atom is -0.312 e. The molecule has 0 saturated heterocycles. The molecular weight excluding hydrogens is 188 g/mol. The number of hydrogen-bond donors (Lipinski definition) is 0. The third-order valence-electron chi connectivity index (χ3n) is 2.01. The van der Waals surface area contributed by atoms with Gasteiger partial charge in [-0.05, 0) is 19.1 Å². The standard InChI is InChI=1S/C11H10N4/c1-9-7-13-15(14-9)11-5-3-4-10(6-11)8-12-2/h3-7H,8H2,1H3. The first-order valence-electron chi connectivity index (χ1n) is 4.61. The Morgan fingerprint density at radius 2 is 2.33 bits per heavy atom. The molecular formula is C11H10N4. The Morgan fingerprint density at radius 1 is 1.47 bits per heavy atom.